The van der Waals surface area contributed by atoms with Gasteiger partial charge in [-0.25, -0.2) is 14.6 Å². The highest BCUT2D eigenvalue weighted by Gasteiger charge is 2.20. The van der Waals surface area contributed by atoms with Crippen LogP contribution in [0.1, 0.15) is 11.1 Å². The van der Waals surface area contributed by atoms with E-state index in [9.17, 15) is 0 Å². The maximum atomic E-state index is 4.61. The van der Waals surface area contributed by atoms with E-state index in [1.54, 1.807) is 6.33 Å². The Morgan fingerprint density at radius 2 is 1.58 bits per heavy atom. The molecule has 4 aromatic rings. The summed E-state index contributed by atoms with van der Waals surface area (Å²) in [7, 11) is 0. The molecule has 31 heavy (non-hydrogen) atoms. The largest absolute Gasteiger partial charge is 0.353 e. The molecule has 0 radical (unpaired) electrons. The molecule has 1 aliphatic heterocycles. The van der Waals surface area contributed by atoms with Crippen LogP contribution in [-0.4, -0.2) is 57.4 Å². The lowest BCUT2D eigenvalue weighted by Gasteiger charge is -2.35. The number of hydrogen-bond donors (Lipinski definition) is 0. The fraction of sp³-hybridized carbons (Fsp3) is 0.240. The summed E-state index contributed by atoms with van der Waals surface area (Å²) in [5.41, 5.74) is 3.35. The zero-order chi connectivity index (χ0) is 20.9. The molecule has 156 valence electrons. The Hall–Kier alpha value is -3.51. The molecule has 0 saturated carbocycles. The summed E-state index contributed by atoms with van der Waals surface area (Å²) in [4.78, 5) is 14.0. The lowest BCUT2D eigenvalue weighted by molar-refractivity contribution is 0.284. The molecule has 0 bridgehead atoms. The van der Waals surface area contributed by atoms with Gasteiger partial charge < -0.3 is 4.90 Å². The Morgan fingerprint density at radius 3 is 2.35 bits per heavy atom. The molecule has 0 spiro atoms. The molecule has 1 aliphatic rings. The number of anilines is 1. The molecule has 2 aromatic heterocycles. The Kier molecular flexibility index (Phi) is 5.71. The first kappa shape index (κ1) is 19.5. The van der Waals surface area contributed by atoms with E-state index in [-0.39, 0.29) is 0 Å². The molecule has 5 rings (SSSR count). The third-order valence-corrected chi connectivity index (χ3v) is 5.73. The zero-order valence-electron chi connectivity index (χ0n) is 17.5. The molecular formula is C25H26N6. The van der Waals surface area contributed by atoms with Crippen LogP contribution in [0.5, 0.6) is 0 Å². The number of piperazine rings is 1. The fourth-order valence-corrected chi connectivity index (χ4v) is 4.05. The second-order valence-electron chi connectivity index (χ2n) is 7.82. The van der Waals surface area contributed by atoms with Crippen molar-refractivity contribution in [1.82, 2.24) is 24.6 Å². The number of rotatable bonds is 6. The van der Waals surface area contributed by atoms with Gasteiger partial charge in [0.05, 0.1) is 18.1 Å². The Morgan fingerprint density at radius 1 is 0.839 bits per heavy atom. The minimum atomic E-state index is 0.711. The van der Waals surface area contributed by atoms with Crippen LogP contribution in [0.25, 0.3) is 17.1 Å². The first-order valence-electron chi connectivity index (χ1n) is 10.8. The Bertz CT molecular complexity index is 1140. The fourth-order valence-electron chi connectivity index (χ4n) is 4.05. The average Bonchev–Trinajstić information content (AvgIpc) is 3.24. The number of fused-ring (bicyclic) bond motifs is 1. The van der Waals surface area contributed by atoms with Crippen LogP contribution in [0.3, 0.4) is 0 Å². The maximum Gasteiger partial charge on any atom is 0.163 e. The molecule has 1 fully saturated rings. The number of nitrogens with zero attached hydrogens (tertiary/aromatic N) is 6. The minimum Gasteiger partial charge on any atom is -0.353 e. The van der Waals surface area contributed by atoms with Gasteiger partial charge >= 0.3 is 0 Å². The van der Waals surface area contributed by atoms with Crippen molar-refractivity contribution in [3.63, 3.8) is 0 Å². The van der Waals surface area contributed by atoms with Crippen molar-refractivity contribution in [2.75, 3.05) is 37.6 Å². The molecule has 3 heterocycles. The molecule has 6 heteroatoms. The van der Waals surface area contributed by atoms with E-state index >= 15 is 0 Å². The molecule has 0 amide bonds. The van der Waals surface area contributed by atoms with Gasteiger partial charge in [0.15, 0.2) is 5.65 Å². The summed E-state index contributed by atoms with van der Waals surface area (Å²) >= 11 is 0. The Labute approximate surface area is 182 Å². The average molecular weight is 411 g/mol. The number of aromatic nitrogens is 4. The molecule has 1 saturated heterocycles. The first-order chi connectivity index (χ1) is 15.4. The van der Waals surface area contributed by atoms with Crippen molar-refractivity contribution in [2.24, 2.45) is 0 Å². The van der Waals surface area contributed by atoms with Crippen molar-refractivity contribution in [3.05, 3.63) is 90.4 Å². The van der Waals surface area contributed by atoms with Gasteiger partial charge in [-0.15, -0.1) is 0 Å². The smallest absolute Gasteiger partial charge is 0.163 e. The highest BCUT2D eigenvalue weighted by molar-refractivity contribution is 5.86. The van der Waals surface area contributed by atoms with Crippen LogP contribution in [-0.2, 0) is 6.54 Å². The van der Waals surface area contributed by atoms with E-state index in [1.807, 2.05) is 23.0 Å². The summed E-state index contributed by atoms with van der Waals surface area (Å²) in [6.45, 7) is 5.62. The van der Waals surface area contributed by atoms with E-state index in [2.05, 4.69) is 85.5 Å². The van der Waals surface area contributed by atoms with E-state index in [0.717, 1.165) is 49.6 Å². The zero-order valence-corrected chi connectivity index (χ0v) is 17.5. The number of benzene rings is 2. The second-order valence-corrected chi connectivity index (χ2v) is 7.82. The topological polar surface area (TPSA) is 50.1 Å². The van der Waals surface area contributed by atoms with Crippen LogP contribution >= 0.6 is 0 Å². The van der Waals surface area contributed by atoms with Crippen molar-refractivity contribution in [2.45, 2.75) is 6.54 Å². The summed E-state index contributed by atoms with van der Waals surface area (Å²) in [5, 5.41) is 5.62. The van der Waals surface area contributed by atoms with Gasteiger partial charge in [0, 0.05) is 32.7 Å². The lowest BCUT2D eigenvalue weighted by Crippen LogP contribution is -2.46. The quantitative estimate of drug-likeness (QED) is 0.485. The van der Waals surface area contributed by atoms with Gasteiger partial charge in [0.25, 0.3) is 0 Å². The van der Waals surface area contributed by atoms with Crippen LogP contribution in [0.4, 0.5) is 5.82 Å². The van der Waals surface area contributed by atoms with Crippen LogP contribution in [0.15, 0.2) is 79.3 Å². The monoisotopic (exact) mass is 410 g/mol. The highest BCUT2D eigenvalue weighted by Crippen LogP contribution is 2.24. The van der Waals surface area contributed by atoms with Gasteiger partial charge in [-0.3, -0.25) is 4.90 Å². The van der Waals surface area contributed by atoms with Crippen LogP contribution < -0.4 is 4.90 Å². The van der Waals surface area contributed by atoms with E-state index in [4.69, 9.17) is 0 Å². The SMILES string of the molecule is C(=C\c1ccccc1)/CN1CCN(c2ncnc3c2cnn3Cc2ccccc2)CC1. The van der Waals surface area contributed by atoms with Gasteiger partial charge in [0.2, 0.25) is 0 Å². The highest BCUT2D eigenvalue weighted by atomic mass is 15.3. The first-order valence-corrected chi connectivity index (χ1v) is 10.8. The molecule has 0 aliphatic carbocycles. The van der Waals surface area contributed by atoms with Crippen molar-refractivity contribution in [1.29, 1.82) is 0 Å². The van der Waals surface area contributed by atoms with Gasteiger partial charge in [-0.05, 0) is 11.1 Å². The Balaban J connectivity index is 1.24. The van der Waals surface area contributed by atoms with Crippen molar-refractivity contribution in [3.8, 4) is 0 Å². The summed E-state index contributed by atoms with van der Waals surface area (Å²) in [5.74, 6) is 0.990. The van der Waals surface area contributed by atoms with Gasteiger partial charge in [0.1, 0.15) is 12.1 Å². The molecule has 0 unspecified atom stereocenters. The molecule has 2 aromatic carbocycles. The maximum absolute atomic E-state index is 4.61. The van der Waals surface area contributed by atoms with Crippen molar-refractivity contribution < 1.29 is 0 Å². The predicted octanol–water partition coefficient (Wildman–Crippen LogP) is 3.71. The summed E-state index contributed by atoms with van der Waals surface area (Å²) in [6.07, 6.45) is 8.02. The predicted molar refractivity (Wildman–Crippen MR) is 125 cm³/mol. The minimum absolute atomic E-state index is 0.711. The van der Waals surface area contributed by atoms with Gasteiger partial charge in [-0.1, -0.05) is 72.8 Å². The lowest BCUT2D eigenvalue weighted by atomic mass is 10.2. The number of hydrogen-bond acceptors (Lipinski definition) is 5. The van der Waals surface area contributed by atoms with Crippen molar-refractivity contribution >= 4 is 22.9 Å². The molecular weight excluding hydrogens is 384 g/mol. The standard InChI is InChI=1S/C25H26N6/c1-3-8-21(9-4-1)12-7-13-29-14-16-30(17-15-29)24-23-18-28-31(25(23)27-20-26-24)19-22-10-5-2-6-11-22/h1-12,18,20H,13-17,19H2/b12-7+. The van der Waals surface area contributed by atoms with E-state index in [0.29, 0.717) is 6.54 Å². The molecule has 0 atom stereocenters. The van der Waals surface area contributed by atoms with E-state index < -0.39 is 0 Å². The van der Waals surface area contributed by atoms with Crippen LogP contribution in [0.2, 0.25) is 0 Å². The van der Waals surface area contributed by atoms with Crippen LogP contribution in [0, 0.1) is 0 Å². The normalized spacial score (nSPS) is 15.2. The summed E-state index contributed by atoms with van der Waals surface area (Å²) < 4.78 is 1.96. The second kappa shape index (κ2) is 9.10. The van der Waals surface area contributed by atoms with E-state index in [1.165, 1.54) is 11.1 Å². The third kappa shape index (κ3) is 4.49. The summed E-state index contributed by atoms with van der Waals surface area (Å²) in [6, 6.07) is 20.8. The molecule has 6 nitrogen and oxygen atoms in total. The van der Waals surface area contributed by atoms with Gasteiger partial charge in [-0.2, -0.15) is 5.10 Å². The molecule has 0 N–H and O–H groups in total. The third-order valence-electron chi connectivity index (χ3n) is 5.73.